The molecule has 0 fully saturated rings. The minimum atomic E-state index is -0.569. The SMILES string of the molecule is NC(=O)CNNC(=O)c1cnc(-c2ccccc2)nc1. The molecule has 7 heteroatoms. The number of carbonyl (C=O) groups excluding carboxylic acids is 2. The van der Waals surface area contributed by atoms with Crippen LogP contribution in [0.15, 0.2) is 42.7 Å². The molecule has 20 heavy (non-hydrogen) atoms. The number of hydrazine groups is 1. The summed E-state index contributed by atoms with van der Waals surface area (Å²) < 4.78 is 0. The first kappa shape index (κ1) is 13.6. The molecule has 0 bridgehead atoms. The lowest BCUT2D eigenvalue weighted by molar-refractivity contribution is -0.117. The van der Waals surface area contributed by atoms with Crippen molar-refractivity contribution in [2.45, 2.75) is 0 Å². The smallest absolute Gasteiger partial charge is 0.268 e. The summed E-state index contributed by atoms with van der Waals surface area (Å²) in [7, 11) is 0. The minimum absolute atomic E-state index is 0.144. The molecule has 102 valence electrons. The van der Waals surface area contributed by atoms with Gasteiger partial charge in [0.25, 0.3) is 5.91 Å². The highest BCUT2D eigenvalue weighted by atomic mass is 16.2. The lowest BCUT2D eigenvalue weighted by atomic mass is 10.2. The largest absolute Gasteiger partial charge is 0.369 e. The molecule has 0 saturated heterocycles. The zero-order valence-corrected chi connectivity index (χ0v) is 10.5. The average Bonchev–Trinajstić information content (AvgIpc) is 2.48. The summed E-state index contributed by atoms with van der Waals surface area (Å²) in [5, 5.41) is 0. The monoisotopic (exact) mass is 271 g/mol. The third kappa shape index (κ3) is 3.59. The van der Waals surface area contributed by atoms with Crippen molar-refractivity contribution in [1.82, 2.24) is 20.8 Å². The lowest BCUT2D eigenvalue weighted by Gasteiger charge is -2.05. The van der Waals surface area contributed by atoms with E-state index in [0.29, 0.717) is 5.82 Å². The number of hydrogen-bond acceptors (Lipinski definition) is 5. The summed E-state index contributed by atoms with van der Waals surface area (Å²) in [6.07, 6.45) is 2.83. The number of nitrogens with one attached hydrogen (secondary N) is 2. The maximum absolute atomic E-state index is 11.7. The molecule has 1 aromatic heterocycles. The first-order valence-electron chi connectivity index (χ1n) is 5.86. The van der Waals surface area contributed by atoms with Crippen LogP contribution in [-0.2, 0) is 4.79 Å². The zero-order chi connectivity index (χ0) is 14.4. The predicted octanol–water partition coefficient (Wildman–Crippen LogP) is -0.137. The number of nitrogens with two attached hydrogens (primary N) is 1. The van der Waals surface area contributed by atoms with Gasteiger partial charge in [0.15, 0.2) is 5.82 Å². The Hall–Kier alpha value is -2.80. The number of aromatic nitrogens is 2. The van der Waals surface area contributed by atoms with Gasteiger partial charge < -0.3 is 5.73 Å². The first-order chi connectivity index (χ1) is 9.66. The Balaban J connectivity index is 2.01. The van der Waals surface area contributed by atoms with Crippen LogP contribution < -0.4 is 16.6 Å². The molecule has 0 aliphatic rings. The topological polar surface area (TPSA) is 110 Å². The average molecular weight is 271 g/mol. The Kier molecular flexibility index (Phi) is 4.35. The molecular weight excluding hydrogens is 258 g/mol. The standard InChI is InChI=1S/C13H13N5O2/c14-11(19)8-17-18-13(20)10-6-15-12(16-7-10)9-4-2-1-3-5-9/h1-7,17H,8H2,(H2,14,19)(H,18,20). The van der Waals surface area contributed by atoms with Gasteiger partial charge in [0.05, 0.1) is 12.1 Å². The summed E-state index contributed by atoms with van der Waals surface area (Å²) in [6, 6.07) is 9.42. The van der Waals surface area contributed by atoms with Crippen LogP contribution in [0, 0.1) is 0 Å². The first-order valence-corrected chi connectivity index (χ1v) is 5.86. The number of amides is 2. The second-order valence-corrected chi connectivity index (χ2v) is 3.94. The van der Waals surface area contributed by atoms with E-state index in [0.717, 1.165) is 5.56 Å². The summed E-state index contributed by atoms with van der Waals surface area (Å²) in [5.41, 5.74) is 10.8. The van der Waals surface area contributed by atoms with Gasteiger partial charge in [-0.2, -0.15) is 0 Å². The van der Waals surface area contributed by atoms with Crippen LogP contribution in [-0.4, -0.2) is 28.3 Å². The number of hydrogen-bond donors (Lipinski definition) is 3. The fourth-order valence-electron chi connectivity index (χ4n) is 1.47. The van der Waals surface area contributed by atoms with Crippen LogP contribution in [0.5, 0.6) is 0 Å². The van der Waals surface area contributed by atoms with Crippen LogP contribution in [0.1, 0.15) is 10.4 Å². The Morgan fingerprint density at radius 1 is 1.10 bits per heavy atom. The van der Waals surface area contributed by atoms with Crippen molar-refractivity contribution in [3.8, 4) is 11.4 Å². The summed E-state index contributed by atoms with van der Waals surface area (Å²) in [4.78, 5) is 30.4. The van der Waals surface area contributed by atoms with Crippen molar-refractivity contribution in [2.24, 2.45) is 5.73 Å². The molecule has 7 nitrogen and oxygen atoms in total. The van der Waals surface area contributed by atoms with Crippen molar-refractivity contribution in [1.29, 1.82) is 0 Å². The number of primary amides is 1. The molecule has 4 N–H and O–H groups in total. The molecule has 0 radical (unpaired) electrons. The number of rotatable bonds is 5. The van der Waals surface area contributed by atoms with Gasteiger partial charge in [-0.1, -0.05) is 30.3 Å². The van der Waals surface area contributed by atoms with E-state index in [1.807, 2.05) is 30.3 Å². The van der Waals surface area contributed by atoms with E-state index in [2.05, 4.69) is 20.8 Å². The van der Waals surface area contributed by atoms with Crippen LogP contribution in [0.3, 0.4) is 0 Å². The van der Waals surface area contributed by atoms with Crippen LogP contribution in [0.25, 0.3) is 11.4 Å². The molecule has 2 rings (SSSR count). The fourth-order valence-corrected chi connectivity index (χ4v) is 1.47. The Labute approximate surface area is 115 Å². The molecule has 0 spiro atoms. The molecule has 1 aromatic carbocycles. The quantitative estimate of drug-likeness (QED) is 0.656. The molecule has 0 atom stereocenters. The van der Waals surface area contributed by atoms with Gasteiger partial charge in [-0.3, -0.25) is 15.0 Å². The number of benzene rings is 1. The minimum Gasteiger partial charge on any atom is -0.369 e. The fraction of sp³-hybridized carbons (Fsp3) is 0.0769. The second-order valence-electron chi connectivity index (χ2n) is 3.94. The van der Waals surface area contributed by atoms with E-state index in [4.69, 9.17) is 5.73 Å². The van der Waals surface area contributed by atoms with Crippen molar-refractivity contribution >= 4 is 11.8 Å². The summed E-state index contributed by atoms with van der Waals surface area (Å²) in [6.45, 7) is -0.144. The van der Waals surface area contributed by atoms with Gasteiger partial charge in [0.1, 0.15) is 0 Å². The van der Waals surface area contributed by atoms with Crippen molar-refractivity contribution in [2.75, 3.05) is 6.54 Å². The lowest BCUT2D eigenvalue weighted by Crippen LogP contribution is -2.42. The molecular formula is C13H13N5O2. The molecule has 0 saturated carbocycles. The van der Waals surface area contributed by atoms with E-state index in [1.54, 1.807) is 0 Å². The van der Waals surface area contributed by atoms with Crippen LogP contribution in [0.4, 0.5) is 0 Å². The maximum atomic E-state index is 11.7. The third-order valence-electron chi connectivity index (χ3n) is 2.41. The summed E-state index contributed by atoms with van der Waals surface area (Å²) >= 11 is 0. The van der Waals surface area contributed by atoms with E-state index < -0.39 is 11.8 Å². The van der Waals surface area contributed by atoms with Gasteiger partial charge in [-0.15, -0.1) is 0 Å². The van der Waals surface area contributed by atoms with Crippen molar-refractivity contribution in [3.05, 3.63) is 48.3 Å². The molecule has 1 heterocycles. The van der Waals surface area contributed by atoms with E-state index in [-0.39, 0.29) is 12.1 Å². The zero-order valence-electron chi connectivity index (χ0n) is 10.5. The van der Waals surface area contributed by atoms with Gasteiger partial charge in [0.2, 0.25) is 5.91 Å². The van der Waals surface area contributed by atoms with E-state index >= 15 is 0 Å². The van der Waals surface area contributed by atoms with E-state index in [1.165, 1.54) is 12.4 Å². The molecule has 2 aromatic rings. The highest BCUT2D eigenvalue weighted by molar-refractivity contribution is 5.93. The van der Waals surface area contributed by atoms with Gasteiger partial charge in [-0.25, -0.2) is 15.4 Å². The van der Waals surface area contributed by atoms with Gasteiger partial charge >= 0.3 is 0 Å². The Morgan fingerprint density at radius 3 is 2.35 bits per heavy atom. The second kappa shape index (κ2) is 6.39. The number of nitrogens with zero attached hydrogens (tertiary/aromatic N) is 2. The van der Waals surface area contributed by atoms with Crippen molar-refractivity contribution in [3.63, 3.8) is 0 Å². The highest BCUT2D eigenvalue weighted by Crippen LogP contribution is 2.12. The molecule has 0 unspecified atom stereocenters. The normalized spacial score (nSPS) is 10.0. The molecule has 2 amide bonds. The highest BCUT2D eigenvalue weighted by Gasteiger charge is 2.07. The van der Waals surface area contributed by atoms with Crippen LogP contribution in [0.2, 0.25) is 0 Å². The molecule has 0 aliphatic heterocycles. The Morgan fingerprint density at radius 2 is 1.75 bits per heavy atom. The maximum Gasteiger partial charge on any atom is 0.268 e. The Bertz CT molecular complexity index is 598. The molecule has 0 aliphatic carbocycles. The summed E-state index contributed by atoms with van der Waals surface area (Å²) in [5.74, 6) is -0.473. The van der Waals surface area contributed by atoms with Crippen molar-refractivity contribution < 1.29 is 9.59 Å². The third-order valence-corrected chi connectivity index (χ3v) is 2.41. The van der Waals surface area contributed by atoms with Gasteiger partial charge in [-0.05, 0) is 0 Å². The number of carbonyl (C=O) groups is 2. The predicted molar refractivity (Wildman–Crippen MR) is 72.1 cm³/mol. The van der Waals surface area contributed by atoms with Gasteiger partial charge in [0, 0.05) is 18.0 Å². The van der Waals surface area contributed by atoms with E-state index in [9.17, 15) is 9.59 Å². The van der Waals surface area contributed by atoms with Crippen LogP contribution >= 0.6 is 0 Å².